The Morgan fingerprint density at radius 3 is 2.27 bits per heavy atom. The van der Waals surface area contributed by atoms with Crippen LogP contribution in [-0.4, -0.2) is 67.5 Å². The molecule has 0 unspecified atom stereocenters. The fourth-order valence-electron chi connectivity index (χ4n) is 3.27. The Kier molecular flexibility index (Phi) is 7.47. The molecule has 0 aromatic heterocycles. The quantitative estimate of drug-likeness (QED) is 0.720. The molecule has 0 saturated carbocycles. The average molecular weight is 375 g/mol. The Hall–Kier alpha value is -1.43. The van der Waals surface area contributed by atoms with E-state index in [-0.39, 0.29) is 6.61 Å². The molecule has 0 atom stereocenters. The Labute approximate surface area is 160 Å². The number of aliphatic hydroxyl groups excluding tert-OH is 1. The third-order valence-corrected chi connectivity index (χ3v) is 5.13. The molecule has 1 heterocycles. The first-order valence-electron chi connectivity index (χ1n) is 9.23. The van der Waals surface area contributed by atoms with Crippen LogP contribution in [0.3, 0.4) is 0 Å². The lowest BCUT2D eigenvalue weighted by atomic mass is 10.0. The van der Waals surface area contributed by atoms with Crippen LogP contribution in [0, 0.1) is 0 Å². The van der Waals surface area contributed by atoms with Gasteiger partial charge in [-0.25, -0.2) is 0 Å². The predicted molar refractivity (Wildman–Crippen MR) is 107 cm³/mol. The fourth-order valence-corrected chi connectivity index (χ4v) is 3.52. The van der Waals surface area contributed by atoms with Gasteiger partial charge in [0.2, 0.25) is 0 Å². The zero-order valence-corrected chi connectivity index (χ0v) is 15.9. The number of nitrogens with zero attached hydrogens (tertiary/aromatic N) is 2. The van der Waals surface area contributed by atoms with Crippen molar-refractivity contribution >= 4 is 11.6 Å². The maximum atomic E-state index is 8.72. The first kappa shape index (κ1) is 19.3. The van der Waals surface area contributed by atoms with E-state index in [1.165, 1.54) is 5.56 Å². The molecule has 0 aliphatic carbocycles. The van der Waals surface area contributed by atoms with Gasteiger partial charge < -0.3 is 9.84 Å². The van der Waals surface area contributed by atoms with Gasteiger partial charge in [0.25, 0.3) is 0 Å². The van der Waals surface area contributed by atoms with Gasteiger partial charge in [0, 0.05) is 49.9 Å². The summed E-state index contributed by atoms with van der Waals surface area (Å²) in [7, 11) is 0. The summed E-state index contributed by atoms with van der Waals surface area (Å²) < 4.78 is 5.35. The van der Waals surface area contributed by atoms with Crippen molar-refractivity contribution in [2.24, 2.45) is 0 Å². The molecule has 2 aromatic carbocycles. The highest BCUT2D eigenvalue weighted by atomic mass is 35.5. The van der Waals surface area contributed by atoms with Crippen LogP contribution in [-0.2, 0) is 11.3 Å². The highest BCUT2D eigenvalue weighted by Gasteiger charge is 2.16. The molecule has 4 nitrogen and oxygen atoms in total. The van der Waals surface area contributed by atoms with Crippen LogP contribution >= 0.6 is 11.6 Å². The Morgan fingerprint density at radius 2 is 1.58 bits per heavy atom. The van der Waals surface area contributed by atoms with Crippen molar-refractivity contribution in [3.05, 3.63) is 59.1 Å². The molecule has 0 radical (unpaired) electrons. The standard InChI is InChI=1S/C21H27ClN2O2/c22-21-4-2-1-3-20(21)19-7-5-18(6-8-19)17-24-11-9-23(10-12-24)13-15-26-16-14-25/h1-8,25H,9-17H2. The van der Waals surface area contributed by atoms with Crippen molar-refractivity contribution in [3.63, 3.8) is 0 Å². The van der Waals surface area contributed by atoms with Crippen molar-refractivity contribution < 1.29 is 9.84 Å². The minimum atomic E-state index is 0.100. The van der Waals surface area contributed by atoms with Gasteiger partial charge in [0.1, 0.15) is 0 Å². The maximum Gasteiger partial charge on any atom is 0.0698 e. The molecule has 2 aromatic rings. The molecule has 1 saturated heterocycles. The first-order chi connectivity index (χ1) is 12.8. The average Bonchev–Trinajstić information content (AvgIpc) is 2.68. The molecule has 3 rings (SSSR count). The normalized spacial score (nSPS) is 16.1. The smallest absolute Gasteiger partial charge is 0.0698 e. The van der Waals surface area contributed by atoms with E-state index < -0.39 is 0 Å². The van der Waals surface area contributed by atoms with E-state index in [0.717, 1.165) is 55.4 Å². The van der Waals surface area contributed by atoms with Gasteiger partial charge in [-0.15, -0.1) is 0 Å². The summed E-state index contributed by atoms with van der Waals surface area (Å²) in [5, 5.41) is 9.51. The summed E-state index contributed by atoms with van der Waals surface area (Å²) in [5.41, 5.74) is 3.57. The monoisotopic (exact) mass is 374 g/mol. The summed E-state index contributed by atoms with van der Waals surface area (Å²) >= 11 is 6.29. The number of benzene rings is 2. The topological polar surface area (TPSA) is 35.9 Å². The van der Waals surface area contributed by atoms with Crippen LogP contribution in [0.5, 0.6) is 0 Å². The summed E-state index contributed by atoms with van der Waals surface area (Å²) in [6.07, 6.45) is 0. The van der Waals surface area contributed by atoms with Crippen LogP contribution in [0.2, 0.25) is 5.02 Å². The second-order valence-electron chi connectivity index (χ2n) is 6.63. The molecule has 140 valence electrons. The lowest BCUT2D eigenvalue weighted by molar-refractivity contribution is 0.0564. The van der Waals surface area contributed by atoms with Crippen molar-refractivity contribution in [2.75, 3.05) is 52.5 Å². The van der Waals surface area contributed by atoms with E-state index in [1.54, 1.807) is 0 Å². The Balaban J connectivity index is 1.46. The van der Waals surface area contributed by atoms with Gasteiger partial charge in [0.05, 0.1) is 19.8 Å². The molecule has 0 spiro atoms. The van der Waals surface area contributed by atoms with Crippen molar-refractivity contribution in [1.29, 1.82) is 0 Å². The molecule has 1 aliphatic heterocycles. The molecule has 5 heteroatoms. The molecule has 1 aliphatic rings. The molecule has 1 fully saturated rings. The number of hydrogen-bond donors (Lipinski definition) is 1. The fraction of sp³-hybridized carbons (Fsp3) is 0.429. The number of halogens is 1. The largest absolute Gasteiger partial charge is 0.394 e. The lowest BCUT2D eigenvalue weighted by Gasteiger charge is -2.34. The molecule has 1 N–H and O–H groups in total. The number of piperazine rings is 1. The number of rotatable bonds is 8. The van der Waals surface area contributed by atoms with Gasteiger partial charge in [-0.2, -0.15) is 0 Å². The van der Waals surface area contributed by atoms with Gasteiger partial charge in [-0.3, -0.25) is 9.80 Å². The first-order valence-corrected chi connectivity index (χ1v) is 9.61. The zero-order valence-electron chi connectivity index (χ0n) is 15.1. The van der Waals surface area contributed by atoms with Gasteiger partial charge in [0.15, 0.2) is 0 Å². The molecular formula is C21H27ClN2O2. The third kappa shape index (κ3) is 5.53. The third-order valence-electron chi connectivity index (χ3n) is 4.80. The van der Waals surface area contributed by atoms with E-state index >= 15 is 0 Å². The van der Waals surface area contributed by atoms with E-state index in [2.05, 4.69) is 40.1 Å². The van der Waals surface area contributed by atoms with Crippen LogP contribution in [0.1, 0.15) is 5.56 Å². The van der Waals surface area contributed by atoms with Crippen molar-refractivity contribution in [3.8, 4) is 11.1 Å². The minimum Gasteiger partial charge on any atom is -0.394 e. The molecule has 0 bridgehead atoms. The van der Waals surface area contributed by atoms with Crippen molar-refractivity contribution in [1.82, 2.24) is 9.80 Å². The Bertz CT molecular complexity index is 670. The highest BCUT2D eigenvalue weighted by molar-refractivity contribution is 6.33. The second kappa shape index (κ2) is 10.0. The molecule has 26 heavy (non-hydrogen) atoms. The van der Waals surface area contributed by atoms with Gasteiger partial charge in [-0.05, 0) is 17.2 Å². The van der Waals surface area contributed by atoms with Crippen LogP contribution in [0.4, 0.5) is 0 Å². The highest BCUT2D eigenvalue weighted by Crippen LogP contribution is 2.27. The summed E-state index contributed by atoms with van der Waals surface area (Å²) in [6.45, 7) is 7.45. The number of aliphatic hydroxyl groups is 1. The van der Waals surface area contributed by atoms with Gasteiger partial charge in [-0.1, -0.05) is 54.1 Å². The SMILES string of the molecule is OCCOCCN1CCN(Cc2ccc(-c3ccccc3Cl)cc2)CC1. The Morgan fingerprint density at radius 1 is 0.885 bits per heavy atom. The summed E-state index contributed by atoms with van der Waals surface area (Å²) in [4.78, 5) is 4.92. The zero-order chi connectivity index (χ0) is 18.2. The van der Waals surface area contributed by atoms with Crippen LogP contribution in [0.25, 0.3) is 11.1 Å². The van der Waals surface area contributed by atoms with Crippen LogP contribution in [0.15, 0.2) is 48.5 Å². The minimum absolute atomic E-state index is 0.100. The summed E-state index contributed by atoms with van der Waals surface area (Å²) in [5.74, 6) is 0. The molecule has 0 amide bonds. The van der Waals surface area contributed by atoms with E-state index in [9.17, 15) is 0 Å². The molecular weight excluding hydrogens is 348 g/mol. The summed E-state index contributed by atoms with van der Waals surface area (Å²) in [6, 6.07) is 16.7. The number of hydrogen-bond acceptors (Lipinski definition) is 4. The van der Waals surface area contributed by atoms with E-state index in [1.807, 2.05) is 18.2 Å². The predicted octanol–water partition coefficient (Wildman–Crippen LogP) is 3.13. The maximum absolute atomic E-state index is 8.72. The second-order valence-corrected chi connectivity index (χ2v) is 7.04. The van der Waals surface area contributed by atoms with Crippen molar-refractivity contribution in [2.45, 2.75) is 6.54 Å². The van der Waals surface area contributed by atoms with E-state index in [0.29, 0.717) is 13.2 Å². The van der Waals surface area contributed by atoms with Gasteiger partial charge >= 0.3 is 0 Å². The number of ether oxygens (including phenoxy) is 1. The lowest BCUT2D eigenvalue weighted by Crippen LogP contribution is -2.46. The van der Waals surface area contributed by atoms with E-state index in [4.69, 9.17) is 21.4 Å². The van der Waals surface area contributed by atoms with Crippen LogP contribution < -0.4 is 0 Å².